The molecule has 1 aliphatic heterocycles. The Morgan fingerprint density at radius 2 is 1.89 bits per heavy atom. The van der Waals surface area contributed by atoms with Crippen molar-refractivity contribution in [3.05, 3.63) is 35.9 Å². The Bertz CT molecular complexity index is 461. The highest BCUT2D eigenvalue weighted by molar-refractivity contribution is 5.89. The molecule has 0 aliphatic carbocycles. The lowest BCUT2D eigenvalue weighted by Gasteiger charge is -2.35. The summed E-state index contributed by atoms with van der Waals surface area (Å²) in [5, 5.41) is 0. The zero-order valence-electron chi connectivity index (χ0n) is 10.8. The molecule has 1 unspecified atom stereocenters. The molecular weight excluding hydrogens is 242 g/mol. The van der Waals surface area contributed by atoms with Gasteiger partial charge in [-0.1, -0.05) is 30.3 Å². The van der Waals surface area contributed by atoms with E-state index in [1.165, 1.54) is 4.90 Å². The van der Waals surface area contributed by atoms with Crippen LogP contribution in [-0.2, 0) is 9.59 Å². The Balaban J connectivity index is 2.15. The molecule has 1 heterocycles. The molecule has 2 amide bonds. The maximum Gasteiger partial charge on any atom is 0.244 e. The molecule has 5 heteroatoms. The van der Waals surface area contributed by atoms with E-state index in [0.29, 0.717) is 13.0 Å². The molecular formula is C14H19N3O2. The Hall–Kier alpha value is -1.88. The maximum absolute atomic E-state index is 12.4. The average Bonchev–Trinajstić information content (AvgIpc) is 2.46. The zero-order valence-corrected chi connectivity index (χ0v) is 10.8. The van der Waals surface area contributed by atoms with Gasteiger partial charge in [0.05, 0.1) is 0 Å². The van der Waals surface area contributed by atoms with E-state index in [1.807, 2.05) is 30.3 Å². The molecule has 1 aromatic rings. The number of amides is 2. The van der Waals surface area contributed by atoms with Crippen molar-refractivity contribution in [1.82, 2.24) is 4.90 Å². The number of primary amides is 1. The molecule has 0 bridgehead atoms. The quantitative estimate of drug-likeness (QED) is 0.832. The highest BCUT2D eigenvalue weighted by Crippen LogP contribution is 2.21. The number of nitrogens with two attached hydrogens (primary N) is 2. The summed E-state index contributed by atoms with van der Waals surface area (Å²) in [5.74, 6) is -0.678. The molecule has 19 heavy (non-hydrogen) atoms. The van der Waals surface area contributed by atoms with Crippen LogP contribution in [0, 0.1) is 0 Å². The highest BCUT2D eigenvalue weighted by atomic mass is 16.2. The van der Waals surface area contributed by atoms with Crippen LogP contribution in [0.5, 0.6) is 0 Å². The van der Waals surface area contributed by atoms with Crippen molar-refractivity contribution in [2.24, 2.45) is 11.5 Å². The lowest BCUT2D eigenvalue weighted by atomic mass is 9.99. The van der Waals surface area contributed by atoms with Crippen molar-refractivity contribution in [2.45, 2.75) is 31.3 Å². The Labute approximate surface area is 112 Å². The van der Waals surface area contributed by atoms with E-state index >= 15 is 0 Å². The van der Waals surface area contributed by atoms with Crippen LogP contribution >= 0.6 is 0 Å². The first-order valence-corrected chi connectivity index (χ1v) is 6.51. The minimum absolute atomic E-state index is 0.227. The average molecular weight is 261 g/mol. The first-order chi connectivity index (χ1) is 9.11. The summed E-state index contributed by atoms with van der Waals surface area (Å²) in [6.07, 6.45) is 2.43. The van der Waals surface area contributed by atoms with E-state index in [1.54, 1.807) is 0 Å². The predicted molar refractivity (Wildman–Crippen MR) is 71.9 cm³/mol. The zero-order chi connectivity index (χ0) is 13.8. The van der Waals surface area contributed by atoms with Crippen molar-refractivity contribution in [1.29, 1.82) is 0 Å². The second-order valence-corrected chi connectivity index (χ2v) is 4.83. The number of likely N-dealkylation sites (tertiary alicyclic amines) is 1. The fraction of sp³-hybridized carbons (Fsp3) is 0.429. The van der Waals surface area contributed by atoms with Gasteiger partial charge in [0.2, 0.25) is 11.8 Å². The first-order valence-electron chi connectivity index (χ1n) is 6.51. The minimum Gasteiger partial charge on any atom is -0.368 e. The standard InChI is InChI=1S/C14H19N3O2/c15-12(10-6-2-1-3-7-10)14(19)17-9-5-4-8-11(17)13(16)18/h1-3,6-7,11-12H,4-5,8-9,15H2,(H2,16,18)/t11?,12-/m1/s1. The third-order valence-corrected chi connectivity index (χ3v) is 3.54. The summed E-state index contributed by atoms with van der Waals surface area (Å²) < 4.78 is 0. The maximum atomic E-state index is 12.4. The number of hydrogen-bond acceptors (Lipinski definition) is 3. The van der Waals surface area contributed by atoms with Gasteiger partial charge < -0.3 is 16.4 Å². The fourth-order valence-electron chi connectivity index (χ4n) is 2.47. The van der Waals surface area contributed by atoms with Gasteiger partial charge in [0, 0.05) is 6.54 Å². The van der Waals surface area contributed by atoms with Gasteiger partial charge in [-0.05, 0) is 24.8 Å². The van der Waals surface area contributed by atoms with Gasteiger partial charge in [-0.15, -0.1) is 0 Å². The van der Waals surface area contributed by atoms with Gasteiger partial charge in [0.1, 0.15) is 12.1 Å². The van der Waals surface area contributed by atoms with E-state index in [4.69, 9.17) is 11.5 Å². The molecule has 1 fully saturated rings. The lowest BCUT2D eigenvalue weighted by molar-refractivity contribution is -0.142. The lowest BCUT2D eigenvalue weighted by Crippen LogP contribution is -2.52. The van der Waals surface area contributed by atoms with Crippen LogP contribution in [-0.4, -0.2) is 29.3 Å². The van der Waals surface area contributed by atoms with Gasteiger partial charge in [-0.2, -0.15) is 0 Å². The van der Waals surface area contributed by atoms with Crippen LogP contribution in [0.25, 0.3) is 0 Å². The fourth-order valence-corrected chi connectivity index (χ4v) is 2.47. The van der Waals surface area contributed by atoms with Gasteiger partial charge in [0.15, 0.2) is 0 Å². The van der Waals surface area contributed by atoms with E-state index in [9.17, 15) is 9.59 Å². The normalized spacial score (nSPS) is 20.9. The van der Waals surface area contributed by atoms with E-state index in [-0.39, 0.29) is 5.91 Å². The summed E-state index contributed by atoms with van der Waals surface area (Å²) in [7, 11) is 0. The van der Waals surface area contributed by atoms with Crippen LogP contribution < -0.4 is 11.5 Å². The van der Waals surface area contributed by atoms with Crippen molar-refractivity contribution in [3.63, 3.8) is 0 Å². The predicted octanol–water partition coefficient (Wildman–Crippen LogP) is 0.553. The van der Waals surface area contributed by atoms with Crippen LogP contribution in [0.3, 0.4) is 0 Å². The molecule has 0 spiro atoms. The van der Waals surface area contributed by atoms with Crippen molar-refractivity contribution in [2.75, 3.05) is 6.54 Å². The van der Waals surface area contributed by atoms with Gasteiger partial charge in [-0.25, -0.2) is 0 Å². The number of benzene rings is 1. The second kappa shape index (κ2) is 5.84. The number of carbonyl (C=O) groups excluding carboxylic acids is 2. The third-order valence-electron chi connectivity index (χ3n) is 3.54. The molecule has 2 rings (SSSR count). The number of piperidine rings is 1. The van der Waals surface area contributed by atoms with Gasteiger partial charge >= 0.3 is 0 Å². The summed E-state index contributed by atoms with van der Waals surface area (Å²) >= 11 is 0. The smallest absolute Gasteiger partial charge is 0.244 e. The SMILES string of the molecule is NC(=O)C1CCCCN1C(=O)[C@H](N)c1ccccc1. The molecule has 1 saturated heterocycles. The van der Waals surface area contributed by atoms with Crippen molar-refractivity contribution >= 4 is 11.8 Å². The van der Waals surface area contributed by atoms with Gasteiger partial charge in [0.25, 0.3) is 0 Å². The van der Waals surface area contributed by atoms with Crippen molar-refractivity contribution in [3.8, 4) is 0 Å². The summed E-state index contributed by atoms with van der Waals surface area (Å²) in [6.45, 7) is 0.549. The molecule has 1 aliphatic rings. The van der Waals surface area contributed by atoms with Crippen LogP contribution in [0.1, 0.15) is 30.9 Å². The van der Waals surface area contributed by atoms with Crippen LogP contribution in [0.15, 0.2) is 30.3 Å². The minimum atomic E-state index is -0.735. The monoisotopic (exact) mass is 261 g/mol. The van der Waals surface area contributed by atoms with Crippen molar-refractivity contribution < 1.29 is 9.59 Å². The van der Waals surface area contributed by atoms with E-state index < -0.39 is 18.0 Å². The first kappa shape index (κ1) is 13.5. The van der Waals surface area contributed by atoms with E-state index in [2.05, 4.69) is 0 Å². The molecule has 2 atom stereocenters. The summed E-state index contributed by atoms with van der Waals surface area (Å²) in [6, 6.07) is 7.91. The second-order valence-electron chi connectivity index (χ2n) is 4.83. The number of rotatable bonds is 3. The largest absolute Gasteiger partial charge is 0.368 e. The summed E-state index contributed by atoms with van der Waals surface area (Å²) in [5.41, 5.74) is 12.1. The molecule has 1 aromatic carbocycles. The van der Waals surface area contributed by atoms with E-state index in [0.717, 1.165) is 18.4 Å². The number of nitrogens with zero attached hydrogens (tertiary/aromatic N) is 1. The Kier molecular flexibility index (Phi) is 4.16. The molecule has 0 saturated carbocycles. The van der Waals surface area contributed by atoms with Gasteiger partial charge in [-0.3, -0.25) is 9.59 Å². The Morgan fingerprint density at radius 1 is 1.21 bits per heavy atom. The van der Waals surface area contributed by atoms with Crippen LogP contribution in [0.4, 0.5) is 0 Å². The topological polar surface area (TPSA) is 89.4 Å². The molecule has 102 valence electrons. The van der Waals surface area contributed by atoms with Crippen LogP contribution in [0.2, 0.25) is 0 Å². The number of hydrogen-bond donors (Lipinski definition) is 2. The molecule has 0 radical (unpaired) electrons. The third kappa shape index (κ3) is 2.93. The summed E-state index contributed by atoms with van der Waals surface area (Å²) in [4.78, 5) is 25.4. The highest BCUT2D eigenvalue weighted by Gasteiger charge is 2.33. The number of carbonyl (C=O) groups is 2. The molecule has 4 N–H and O–H groups in total. The molecule has 5 nitrogen and oxygen atoms in total. The molecule has 0 aromatic heterocycles. The Morgan fingerprint density at radius 3 is 2.53 bits per heavy atom.